The molecule has 23 N–H and O–H groups in total. The first-order chi connectivity index (χ1) is 68.9. The van der Waals surface area contributed by atoms with Crippen LogP contribution in [0.3, 0.4) is 0 Å². The Kier molecular flexibility index (Phi) is 40.1. The lowest BCUT2D eigenvalue weighted by Gasteiger charge is -2.50. The third-order valence-corrected chi connectivity index (χ3v) is 27.5. The van der Waals surface area contributed by atoms with Gasteiger partial charge in [0, 0.05) is 183 Å². The number of rotatable bonds is 40. The van der Waals surface area contributed by atoms with Crippen molar-refractivity contribution in [2.45, 2.75) is 197 Å². The fraction of sp³-hybridized carbons (Fsp3) is 0.485. The number of primary amides is 1. The van der Waals surface area contributed by atoms with E-state index in [1.54, 1.807) is 107 Å². The smallest absolute Gasteiger partial charge is 0.252 e. The van der Waals surface area contributed by atoms with Gasteiger partial charge in [-0.2, -0.15) is 0 Å². The van der Waals surface area contributed by atoms with Crippen molar-refractivity contribution in [1.29, 1.82) is 5.41 Å². The van der Waals surface area contributed by atoms with Crippen LogP contribution < -0.4 is 107 Å². The average Bonchev–Trinajstić information content (AvgIpc) is 1.50. The molecule has 19 amide bonds. The van der Waals surface area contributed by atoms with Crippen molar-refractivity contribution < 1.29 is 101 Å². The van der Waals surface area contributed by atoms with Gasteiger partial charge in [-0.25, -0.2) is 0 Å². The molecular formula is C97H128N24O21S2. The van der Waals surface area contributed by atoms with Crippen molar-refractivity contribution >= 4 is 183 Å². The molecular weight excluding hydrogens is 1900 g/mol. The first-order valence-electron chi connectivity index (χ1n) is 47.9. The molecule has 6 heterocycles. The summed E-state index contributed by atoms with van der Waals surface area (Å²) < 4.78 is 18.0. The zero-order valence-electron chi connectivity index (χ0n) is 81.3. The van der Waals surface area contributed by atoms with Crippen LogP contribution in [-0.2, 0) is 121 Å². The van der Waals surface area contributed by atoms with Gasteiger partial charge >= 0.3 is 0 Å². The van der Waals surface area contributed by atoms with Crippen LogP contribution in [0.15, 0.2) is 109 Å². The van der Waals surface area contributed by atoms with Crippen molar-refractivity contribution in [3.8, 4) is 0 Å². The second-order valence-corrected chi connectivity index (χ2v) is 38.8. The molecule has 11 rings (SSSR count). The second-order valence-electron chi connectivity index (χ2n) is 36.2. The van der Waals surface area contributed by atoms with E-state index < -0.39 is 198 Å². The first kappa shape index (κ1) is 110. The molecule has 0 spiro atoms. The Balaban J connectivity index is 0.585. The number of benzene rings is 5. The van der Waals surface area contributed by atoms with E-state index in [-0.39, 0.29) is 159 Å². The molecule has 144 heavy (non-hydrogen) atoms. The van der Waals surface area contributed by atoms with E-state index in [0.29, 0.717) is 29.7 Å². The summed E-state index contributed by atoms with van der Waals surface area (Å²) in [6, 6.07) is 22.5. The van der Waals surface area contributed by atoms with E-state index >= 15 is 0 Å². The number of nitrogens with two attached hydrogens (primary N) is 2. The maximum absolute atomic E-state index is 14.8. The minimum absolute atomic E-state index is 0.0402. The molecule has 0 unspecified atom stereocenters. The molecule has 11 atom stereocenters. The number of carbonyl (C=O) groups is 19. The number of nitrogens with zero attached hydrogens (tertiary/aromatic N) is 3. The quantitative estimate of drug-likeness (QED) is 0.00898. The lowest BCUT2D eigenvalue weighted by atomic mass is 9.91. The van der Waals surface area contributed by atoms with Crippen LogP contribution in [-0.4, -0.2) is 278 Å². The number of aromatic nitrogens is 2. The summed E-state index contributed by atoms with van der Waals surface area (Å²) in [6.07, 6.45) is -2.91. The molecule has 2 fully saturated rings. The van der Waals surface area contributed by atoms with Crippen molar-refractivity contribution in [3.05, 3.63) is 131 Å². The number of para-hydroxylation sites is 2. The monoisotopic (exact) mass is 2030 g/mol. The number of likely N-dealkylation sites (N-methyl/N-ethyl adjacent to an activating group) is 1. The van der Waals surface area contributed by atoms with Crippen molar-refractivity contribution in [2.75, 3.05) is 91.1 Å². The highest BCUT2D eigenvalue weighted by atomic mass is 33.1. The van der Waals surface area contributed by atoms with E-state index in [2.05, 4.69) is 105 Å². The van der Waals surface area contributed by atoms with Crippen molar-refractivity contribution in [2.24, 2.45) is 23.3 Å². The summed E-state index contributed by atoms with van der Waals surface area (Å²) in [7, 11) is 5.15. The molecule has 2 aromatic heterocycles. The molecule has 5 aromatic carbocycles. The van der Waals surface area contributed by atoms with Crippen molar-refractivity contribution in [3.63, 3.8) is 0 Å². The van der Waals surface area contributed by atoms with E-state index in [1.807, 2.05) is 55.5 Å². The van der Waals surface area contributed by atoms with Crippen LogP contribution in [0.25, 0.3) is 43.6 Å². The maximum Gasteiger partial charge on any atom is 0.252 e. The van der Waals surface area contributed by atoms with Crippen molar-refractivity contribution in [1.82, 2.24) is 110 Å². The van der Waals surface area contributed by atoms with Crippen LogP contribution in [0.5, 0.6) is 0 Å². The van der Waals surface area contributed by atoms with Gasteiger partial charge in [0.1, 0.15) is 54.6 Å². The molecule has 0 saturated carbocycles. The summed E-state index contributed by atoms with van der Waals surface area (Å²) in [5.41, 5.74) is 15.9. The van der Waals surface area contributed by atoms with Gasteiger partial charge in [0.15, 0.2) is 11.7 Å². The maximum atomic E-state index is 14.8. The normalized spacial score (nSPS) is 20.7. The average molecular weight is 2030 g/mol. The molecule has 774 valence electrons. The fourth-order valence-corrected chi connectivity index (χ4v) is 20.1. The lowest BCUT2D eigenvalue weighted by molar-refractivity contribution is -0.266. The lowest BCUT2D eigenvalue weighted by Crippen LogP contribution is -2.61. The standard InChI is InChI=1S/C97H128N24O21S2/c1-53(2)83-94(139)115-61(45-55-19-10-8-11-20-55)88(133)111-50-77(131)113-63(89(134)110-49-68(98)122)51-143-144-52-64(92(137)118-84(54(3)4)95(140)116-62(46-56-21-12-9-13-22-56)91(136)114-60(90(135)117-83)25-18-37-108-96(99)100)112-76(130)36-44-107-75(129)35-43-106-74(128)34-42-105-73(127)33-41-104-72(126)32-40-103-71(125)31-39-102-70(124)30-38-101-69(123)28-29-78(132)119(6)67-47-79-120-65-26-16-14-23-57(65)81-82-59(48-109-93(82)138)80-58-24-15-17-27-66(58)121(86(80)85(81)120)97(5,142-79)87(67)141-7/h8-17,19-24,26-27,53-54,60-64,67,79,83-84,87H,18,25,28-52H2,1-7H3,(H2,98,122)(H,101,123)(H,102,124)(H,103,125)(H,104,126)(H,105,127)(H,106,128)(H,107,129)(H,109,138)(H,110,134)(H,111,133)(H,112,130)(H,113,131)(H,114,136)(H,115,139)(H,116,140)(H,117,135)(H,118,137)(H4,99,100,108)/t60-,61-,62-,63-,64-,67+,79+,83-,84-,87+,97-/m0/s1. The molecule has 7 aromatic rings. The van der Waals surface area contributed by atoms with Gasteiger partial charge in [0.25, 0.3) is 5.91 Å². The van der Waals surface area contributed by atoms with E-state index in [4.69, 9.17) is 26.4 Å². The number of hydrogen-bond acceptors (Lipinski definition) is 24. The SMILES string of the molecule is CO[C@@H]1[C@H](N(C)C(=O)CCC(=O)NCCC(=O)NCCC(=O)NCCC(=O)NCCC(=O)NCCC(=O)NCCC(=O)NCCC(=O)N[C@H]2CSSC[C@@H](C(=O)NCC(N)=O)NC(=O)CNC(=O)[C@H](Cc3ccccc3)NC(=O)[C@H](C(C)C)NC(=O)[C@H](CCCNC(=N)N)NC(=O)[C@H](Cc3ccccc3)NC(=O)[C@H](C(C)C)NC2=O)C[C@H]2O[C@]1(C)n1c3ccccc3c3c4c(c5c6ccccc6n2c5c31)C(=O)NC4. The third-order valence-electron chi connectivity index (χ3n) is 25.0. The predicted octanol–water partition coefficient (Wildman–Crippen LogP) is -1.52. The molecule has 0 aliphatic carbocycles. The van der Waals surface area contributed by atoms with E-state index in [1.165, 1.54) is 0 Å². The number of guanidine groups is 1. The molecule has 47 heteroatoms. The minimum atomic E-state index is -1.48. The van der Waals surface area contributed by atoms with Gasteiger partial charge in [-0.05, 0) is 60.4 Å². The van der Waals surface area contributed by atoms with Crippen LogP contribution in [0.2, 0.25) is 0 Å². The van der Waals surface area contributed by atoms with Gasteiger partial charge < -0.3 is 131 Å². The zero-order valence-corrected chi connectivity index (χ0v) is 82.9. The predicted molar refractivity (Wildman–Crippen MR) is 535 cm³/mol. The topological polar surface area (TPSA) is 648 Å². The number of fused-ring (bicyclic) bond motifs is 13. The Bertz CT molecular complexity index is 5940. The molecule has 45 nitrogen and oxygen atoms in total. The Hall–Kier alpha value is -14.5. The van der Waals surface area contributed by atoms with Gasteiger partial charge in [-0.15, -0.1) is 0 Å². The number of hydrogen-bond donors (Lipinski definition) is 21. The highest BCUT2D eigenvalue weighted by molar-refractivity contribution is 8.76. The van der Waals surface area contributed by atoms with Crippen LogP contribution in [0.1, 0.15) is 145 Å². The summed E-state index contributed by atoms with van der Waals surface area (Å²) in [5.74, 6) is -14.8. The Morgan fingerprint density at radius 3 is 1.47 bits per heavy atom. The van der Waals surface area contributed by atoms with E-state index in [9.17, 15) is 91.1 Å². The third kappa shape index (κ3) is 29.6. The number of nitrogens with one attached hydrogen (secondary N) is 19. The Morgan fingerprint density at radius 1 is 0.500 bits per heavy atom. The van der Waals surface area contributed by atoms with Gasteiger partial charge in [-0.1, -0.05) is 146 Å². The summed E-state index contributed by atoms with van der Waals surface area (Å²) in [5, 5.41) is 58.8. The van der Waals surface area contributed by atoms with Crippen LogP contribution >= 0.6 is 21.6 Å². The van der Waals surface area contributed by atoms with Crippen LogP contribution in [0.4, 0.5) is 0 Å². The Labute approximate surface area is 838 Å². The largest absolute Gasteiger partial charge is 0.374 e. The zero-order chi connectivity index (χ0) is 104. The first-order valence-corrected chi connectivity index (χ1v) is 50.4. The highest BCUT2D eigenvalue weighted by Gasteiger charge is 2.55. The highest BCUT2D eigenvalue weighted by Crippen LogP contribution is 2.54. The second kappa shape index (κ2) is 52.5. The van der Waals surface area contributed by atoms with Gasteiger partial charge in [0.05, 0.1) is 46.8 Å². The molecule has 4 aliphatic rings. The molecule has 2 bridgehead atoms. The molecule has 0 radical (unpaired) electrons. The minimum Gasteiger partial charge on any atom is -0.374 e. The summed E-state index contributed by atoms with van der Waals surface area (Å²) in [6.45, 7) is 6.74. The molecule has 4 aliphatic heterocycles. The molecule has 2 saturated heterocycles. The van der Waals surface area contributed by atoms with Crippen LogP contribution in [0, 0.1) is 17.2 Å². The number of carbonyl (C=O) groups excluding carboxylic acids is 19. The number of amides is 19. The van der Waals surface area contributed by atoms with Gasteiger partial charge in [0.2, 0.25) is 106 Å². The summed E-state index contributed by atoms with van der Waals surface area (Å²) in [4.78, 5) is 259. The van der Waals surface area contributed by atoms with Gasteiger partial charge in [-0.3, -0.25) is 96.5 Å². The number of ether oxygens (including phenoxy) is 2. The fourth-order valence-electron chi connectivity index (χ4n) is 17.8. The Morgan fingerprint density at radius 2 is 0.958 bits per heavy atom. The number of methoxy groups -OCH3 is 1. The van der Waals surface area contributed by atoms with E-state index in [0.717, 1.165) is 70.8 Å². The summed E-state index contributed by atoms with van der Waals surface area (Å²) >= 11 is 0.